The maximum atomic E-state index is 6.22. The Morgan fingerprint density at radius 3 is 2.00 bits per heavy atom. The van der Waals surface area contributed by atoms with Crippen LogP contribution in [-0.4, -0.2) is 33.8 Å². The van der Waals surface area contributed by atoms with Gasteiger partial charge in [-0.2, -0.15) is 5.06 Å². The monoisotopic (exact) mass is 447 g/mol. The summed E-state index contributed by atoms with van der Waals surface area (Å²) in [6.07, 6.45) is 30.2. The number of unbranched alkanes of at least 4 members (excludes halogenated alkanes) is 14. The number of hydroxylamine groups is 2. The van der Waals surface area contributed by atoms with E-state index in [0.717, 1.165) is 31.9 Å². The van der Waals surface area contributed by atoms with Crippen LogP contribution in [0.4, 0.5) is 0 Å². The molecule has 1 aromatic heterocycles. The first-order chi connectivity index (χ1) is 15.8. The van der Waals surface area contributed by atoms with Crippen molar-refractivity contribution in [3.63, 3.8) is 0 Å². The Hall–Kier alpha value is -0.870. The van der Waals surface area contributed by atoms with Gasteiger partial charge in [0.25, 0.3) is 0 Å². The van der Waals surface area contributed by atoms with Crippen LogP contribution in [0.5, 0.6) is 0 Å². The molecule has 1 saturated heterocycles. The quantitative estimate of drug-likeness (QED) is 0.188. The second-order valence-corrected chi connectivity index (χ2v) is 10.0. The van der Waals surface area contributed by atoms with E-state index < -0.39 is 0 Å². The highest BCUT2D eigenvalue weighted by Gasteiger charge is 2.23. The van der Waals surface area contributed by atoms with Crippen LogP contribution in [0.25, 0.3) is 0 Å². The molecule has 0 bridgehead atoms. The van der Waals surface area contributed by atoms with Crippen molar-refractivity contribution in [2.45, 2.75) is 148 Å². The van der Waals surface area contributed by atoms with E-state index in [1.54, 1.807) is 0 Å². The molecule has 0 radical (unpaired) electrons. The van der Waals surface area contributed by atoms with Gasteiger partial charge < -0.3 is 4.57 Å². The van der Waals surface area contributed by atoms with E-state index in [0.29, 0.717) is 6.04 Å². The predicted molar refractivity (Wildman–Crippen MR) is 137 cm³/mol. The van der Waals surface area contributed by atoms with Gasteiger partial charge in [-0.05, 0) is 32.6 Å². The second-order valence-electron chi connectivity index (χ2n) is 10.0. The first kappa shape index (κ1) is 27.4. The third kappa shape index (κ3) is 12.4. The van der Waals surface area contributed by atoms with E-state index in [1.165, 1.54) is 116 Å². The molecule has 2 rings (SSSR count). The lowest BCUT2D eigenvalue weighted by Gasteiger charge is -2.34. The molecule has 32 heavy (non-hydrogen) atoms. The summed E-state index contributed by atoms with van der Waals surface area (Å²) < 4.78 is 2.27. The fourth-order valence-electron chi connectivity index (χ4n) is 5.02. The normalized spacial score (nSPS) is 17.2. The molecule has 0 spiro atoms. The number of hydrogen-bond donors (Lipinski definition) is 0. The van der Waals surface area contributed by atoms with Gasteiger partial charge in [-0.3, -0.25) is 4.84 Å². The van der Waals surface area contributed by atoms with Crippen molar-refractivity contribution >= 4 is 0 Å². The molecule has 1 aliphatic rings. The maximum absolute atomic E-state index is 6.22. The number of imidazole rings is 1. The number of piperidine rings is 1. The molecule has 2 heterocycles. The Bertz CT molecular complexity index is 545. The van der Waals surface area contributed by atoms with Gasteiger partial charge in [0.15, 0.2) is 0 Å². The molecule has 1 aliphatic heterocycles. The summed E-state index contributed by atoms with van der Waals surface area (Å²) >= 11 is 0. The molecule has 186 valence electrons. The molecule has 0 aliphatic carbocycles. The zero-order valence-electron chi connectivity index (χ0n) is 21.5. The van der Waals surface area contributed by atoms with Gasteiger partial charge in [0.2, 0.25) is 0 Å². The van der Waals surface area contributed by atoms with Gasteiger partial charge >= 0.3 is 0 Å². The minimum Gasteiger partial charge on any atom is -0.335 e. The van der Waals surface area contributed by atoms with E-state index in [9.17, 15) is 0 Å². The molecule has 4 nitrogen and oxygen atoms in total. The van der Waals surface area contributed by atoms with Gasteiger partial charge in [-0.1, -0.05) is 103 Å². The topological polar surface area (TPSA) is 30.3 Å². The Kier molecular flexibility index (Phi) is 15.9. The molecular formula is C28H53N3O. The zero-order valence-corrected chi connectivity index (χ0v) is 21.5. The summed E-state index contributed by atoms with van der Waals surface area (Å²) in [6, 6.07) is 0.571. The maximum Gasteiger partial charge on any atom is 0.105 e. The Labute approximate surface area is 199 Å². The minimum absolute atomic E-state index is 0.571. The molecule has 4 heteroatoms. The van der Waals surface area contributed by atoms with E-state index in [4.69, 9.17) is 4.84 Å². The molecule has 1 atom stereocenters. The summed E-state index contributed by atoms with van der Waals surface area (Å²) in [4.78, 5) is 10.6. The lowest BCUT2D eigenvalue weighted by atomic mass is 10.0. The Morgan fingerprint density at radius 1 is 0.844 bits per heavy atom. The lowest BCUT2D eigenvalue weighted by molar-refractivity contribution is -0.200. The highest BCUT2D eigenvalue weighted by Crippen LogP contribution is 2.21. The number of aryl methyl sites for hydroxylation is 2. The van der Waals surface area contributed by atoms with Crippen LogP contribution in [0.15, 0.2) is 12.4 Å². The van der Waals surface area contributed by atoms with Gasteiger partial charge in [0, 0.05) is 31.5 Å². The second kappa shape index (κ2) is 18.5. The van der Waals surface area contributed by atoms with E-state index in [2.05, 4.69) is 34.7 Å². The van der Waals surface area contributed by atoms with Gasteiger partial charge in [0.05, 0.1) is 6.61 Å². The molecule has 1 aromatic rings. The first-order valence-corrected chi connectivity index (χ1v) is 14.2. The van der Waals surface area contributed by atoms with Gasteiger partial charge in [-0.25, -0.2) is 4.98 Å². The number of hydrogen-bond acceptors (Lipinski definition) is 3. The van der Waals surface area contributed by atoms with Crippen molar-refractivity contribution < 1.29 is 4.84 Å². The van der Waals surface area contributed by atoms with E-state index >= 15 is 0 Å². The fraction of sp³-hybridized carbons (Fsp3) is 0.893. The molecule has 0 amide bonds. The van der Waals surface area contributed by atoms with Crippen LogP contribution in [0.1, 0.15) is 135 Å². The Balaban J connectivity index is 1.38. The highest BCUT2D eigenvalue weighted by molar-refractivity contribution is 4.88. The molecule has 0 aromatic carbocycles. The van der Waals surface area contributed by atoms with Crippen LogP contribution in [-0.2, 0) is 11.4 Å². The van der Waals surface area contributed by atoms with Crippen molar-refractivity contribution in [1.82, 2.24) is 14.6 Å². The molecule has 1 unspecified atom stereocenters. The molecule has 0 saturated carbocycles. The van der Waals surface area contributed by atoms with Crippen molar-refractivity contribution in [3.8, 4) is 0 Å². The zero-order chi connectivity index (χ0) is 22.7. The summed E-state index contributed by atoms with van der Waals surface area (Å²) in [6.45, 7) is 7.44. The van der Waals surface area contributed by atoms with Crippen LogP contribution in [0.3, 0.4) is 0 Å². The van der Waals surface area contributed by atoms with Gasteiger partial charge in [-0.15, -0.1) is 0 Å². The Morgan fingerprint density at radius 2 is 1.44 bits per heavy atom. The third-order valence-electron chi connectivity index (χ3n) is 7.20. The van der Waals surface area contributed by atoms with Crippen LogP contribution in [0.2, 0.25) is 0 Å². The van der Waals surface area contributed by atoms with Crippen molar-refractivity contribution in [2.24, 2.45) is 0 Å². The van der Waals surface area contributed by atoms with E-state index in [-0.39, 0.29) is 0 Å². The van der Waals surface area contributed by atoms with Crippen molar-refractivity contribution in [3.05, 3.63) is 18.2 Å². The summed E-state index contributed by atoms with van der Waals surface area (Å²) in [5.41, 5.74) is 0. The SMILES string of the molecule is CCCCCCCCCCCCCCCCCON1CCCCC1CCn1ccnc1C. The summed E-state index contributed by atoms with van der Waals surface area (Å²) in [5, 5.41) is 2.31. The standard InChI is InChI=1S/C28H53N3O/c1-3-4-5-6-7-8-9-10-11-12-13-14-15-16-19-26-32-31-23-18-17-20-28(31)21-24-30-25-22-29-27(30)2/h22,25,28H,3-21,23-24,26H2,1-2H3. The summed E-state index contributed by atoms with van der Waals surface area (Å²) in [5.74, 6) is 1.12. The number of rotatable bonds is 20. The lowest BCUT2D eigenvalue weighted by Crippen LogP contribution is -2.40. The highest BCUT2D eigenvalue weighted by atomic mass is 16.7. The van der Waals surface area contributed by atoms with Crippen molar-refractivity contribution in [2.75, 3.05) is 13.2 Å². The summed E-state index contributed by atoms with van der Waals surface area (Å²) in [7, 11) is 0. The van der Waals surface area contributed by atoms with Crippen LogP contribution >= 0.6 is 0 Å². The molecule has 1 fully saturated rings. The third-order valence-corrected chi connectivity index (χ3v) is 7.20. The molecular weight excluding hydrogens is 394 g/mol. The van der Waals surface area contributed by atoms with Crippen molar-refractivity contribution in [1.29, 1.82) is 0 Å². The average molecular weight is 448 g/mol. The smallest absolute Gasteiger partial charge is 0.105 e. The minimum atomic E-state index is 0.571. The van der Waals surface area contributed by atoms with Crippen LogP contribution in [0, 0.1) is 6.92 Å². The largest absolute Gasteiger partial charge is 0.335 e. The predicted octanol–water partition coefficient (Wildman–Crippen LogP) is 8.24. The average Bonchev–Trinajstić information content (AvgIpc) is 3.22. The van der Waals surface area contributed by atoms with E-state index in [1.807, 2.05) is 6.20 Å². The fourth-order valence-corrected chi connectivity index (χ4v) is 5.02. The first-order valence-electron chi connectivity index (χ1n) is 14.2. The van der Waals surface area contributed by atoms with Gasteiger partial charge in [0.1, 0.15) is 5.82 Å². The molecule has 0 N–H and O–H groups in total. The van der Waals surface area contributed by atoms with Crippen LogP contribution < -0.4 is 0 Å². The number of aromatic nitrogens is 2. The number of nitrogens with zero attached hydrogens (tertiary/aromatic N) is 3.